The molecule has 1 saturated carbocycles. The molecule has 7 heteroatoms. The van der Waals surface area contributed by atoms with E-state index in [1.54, 1.807) is 4.90 Å². The number of likely N-dealkylation sites (tertiary alicyclic amines) is 1. The fraction of sp³-hybridized carbons (Fsp3) is 0.469. The Morgan fingerprint density at radius 3 is 2.41 bits per heavy atom. The molecule has 3 aromatic rings. The Morgan fingerprint density at radius 1 is 1.15 bits per heavy atom. The first kappa shape index (κ1) is 26.8. The number of rotatable bonds is 7. The summed E-state index contributed by atoms with van der Waals surface area (Å²) in [6.45, 7) is 14.0. The number of ether oxygens (including phenoxy) is 1. The zero-order valence-electron chi connectivity index (χ0n) is 23.9. The van der Waals surface area contributed by atoms with E-state index >= 15 is 0 Å². The van der Waals surface area contributed by atoms with Gasteiger partial charge in [0.05, 0.1) is 17.2 Å². The minimum absolute atomic E-state index is 0.235. The van der Waals surface area contributed by atoms with E-state index in [2.05, 4.69) is 65.5 Å². The van der Waals surface area contributed by atoms with Crippen LogP contribution in [0.1, 0.15) is 62.6 Å². The van der Waals surface area contributed by atoms with Crippen LogP contribution in [0.2, 0.25) is 0 Å². The number of hydrogen-bond donors (Lipinski definition) is 0. The van der Waals surface area contributed by atoms with Crippen molar-refractivity contribution >= 4 is 17.5 Å². The van der Waals surface area contributed by atoms with Crippen molar-refractivity contribution in [3.8, 4) is 17.2 Å². The van der Waals surface area contributed by atoms with Gasteiger partial charge in [-0.2, -0.15) is 5.26 Å². The molecule has 204 valence electrons. The van der Waals surface area contributed by atoms with E-state index in [1.165, 1.54) is 5.56 Å². The molecule has 7 nitrogen and oxygen atoms in total. The molecule has 2 fully saturated rings. The Labute approximate surface area is 231 Å². The number of aryl methyl sites for hydroxylation is 3. The lowest BCUT2D eigenvalue weighted by molar-refractivity contribution is -0.00173. The van der Waals surface area contributed by atoms with Crippen molar-refractivity contribution in [2.75, 3.05) is 24.5 Å². The molecule has 2 aliphatic rings. The first-order valence-electron chi connectivity index (χ1n) is 13.8. The highest BCUT2D eigenvalue weighted by Gasteiger charge is 2.44. The van der Waals surface area contributed by atoms with Gasteiger partial charge in [-0.3, -0.25) is 0 Å². The van der Waals surface area contributed by atoms with E-state index in [1.807, 2.05) is 34.6 Å². The monoisotopic (exact) mass is 526 g/mol. The van der Waals surface area contributed by atoms with Gasteiger partial charge in [-0.05, 0) is 102 Å². The summed E-state index contributed by atoms with van der Waals surface area (Å²) >= 11 is 0. The fourth-order valence-corrected chi connectivity index (χ4v) is 5.43. The van der Waals surface area contributed by atoms with Crippen LogP contribution in [0.25, 0.3) is 11.1 Å². The molecule has 1 saturated heterocycles. The summed E-state index contributed by atoms with van der Waals surface area (Å²) in [6.07, 6.45) is 2.57. The highest BCUT2D eigenvalue weighted by atomic mass is 16.6. The highest BCUT2D eigenvalue weighted by Crippen LogP contribution is 2.48. The number of carbonyl (C=O) groups is 1. The number of carbonyl (C=O) groups excluding carboxylic acids is 1. The first-order valence-corrected chi connectivity index (χ1v) is 13.8. The lowest BCUT2D eigenvalue weighted by Gasteiger charge is -2.41. The number of anilines is 2. The lowest BCUT2D eigenvalue weighted by atomic mass is 9.95. The number of benzene rings is 2. The minimum Gasteiger partial charge on any atom is -0.444 e. The molecular formula is C32H38N4O3. The molecule has 1 aromatic heterocycles. The molecule has 1 amide bonds. The van der Waals surface area contributed by atoms with Crippen LogP contribution in [-0.4, -0.2) is 41.4 Å². The van der Waals surface area contributed by atoms with Gasteiger partial charge < -0.3 is 19.1 Å². The highest BCUT2D eigenvalue weighted by molar-refractivity contribution is 5.76. The van der Waals surface area contributed by atoms with E-state index in [9.17, 15) is 10.1 Å². The normalized spacial score (nSPS) is 16.4. The zero-order valence-corrected chi connectivity index (χ0v) is 23.9. The number of nitriles is 1. The smallest absolute Gasteiger partial charge is 0.410 e. The molecule has 0 unspecified atom stereocenters. The SMILES string of the molecule is Cc1ccc(-c2c(C)noc2C)cc1N(CCC1CN(C(=O)OC(C)(C)C)C1)c1ccc(C2(C#N)CC2)cc1. The molecule has 0 bridgehead atoms. The third-order valence-electron chi connectivity index (χ3n) is 7.89. The van der Waals surface area contributed by atoms with Gasteiger partial charge in [-0.15, -0.1) is 0 Å². The van der Waals surface area contributed by atoms with E-state index < -0.39 is 5.60 Å². The van der Waals surface area contributed by atoms with Crippen molar-refractivity contribution in [3.63, 3.8) is 0 Å². The van der Waals surface area contributed by atoms with Gasteiger partial charge in [-0.1, -0.05) is 29.4 Å². The Hall–Kier alpha value is -3.79. The van der Waals surface area contributed by atoms with Crippen LogP contribution in [-0.2, 0) is 10.2 Å². The van der Waals surface area contributed by atoms with Crippen LogP contribution >= 0.6 is 0 Å². The predicted octanol–water partition coefficient (Wildman–Crippen LogP) is 7.22. The van der Waals surface area contributed by atoms with Crippen molar-refractivity contribution in [2.24, 2.45) is 5.92 Å². The summed E-state index contributed by atoms with van der Waals surface area (Å²) in [4.78, 5) is 16.6. The third kappa shape index (κ3) is 5.52. The third-order valence-corrected chi connectivity index (χ3v) is 7.89. The zero-order chi connectivity index (χ0) is 27.9. The second-order valence-electron chi connectivity index (χ2n) is 12.1. The van der Waals surface area contributed by atoms with Crippen LogP contribution in [0, 0.1) is 38.0 Å². The summed E-state index contributed by atoms with van der Waals surface area (Å²) in [5.41, 5.74) is 6.69. The van der Waals surface area contributed by atoms with Gasteiger partial charge in [0.1, 0.15) is 11.4 Å². The van der Waals surface area contributed by atoms with Gasteiger partial charge >= 0.3 is 6.09 Å². The number of hydrogen-bond acceptors (Lipinski definition) is 6. The molecule has 5 rings (SSSR count). The van der Waals surface area contributed by atoms with Crippen molar-refractivity contribution in [2.45, 2.75) is 71.8 Å². The molecular weight excluding hydrogens is 488 g/mol. The van der Waals surface area contributed by atoms with E-state index in [-0.39, 0.29) is 11.5 Å². The summed E-state index contributed by atoms with van der Waals surface area (Å²) in [5, 5.41) is 13.8. The van der Waals surface area contributed by atoms with Crippen LogP contribution in [0.15, 0.2) is 47.0 Å². The van der Waals surface area contributed by atoms with E-state index in [0.29, 0.717) is 19.0 Å². The molecule has 39 heavy (non-hydrogen) atoms. The molecule has 1 aliphatic heterocycles. The predicted molar refractivity (Wildman–Crippen MR) is 152 cm³/mol. The molecule has 0 radical (unpaired) electrons. The molecule has 2 heterocycles. The Balaban J connectivity index is 1.39. The Bertz CT molecular complexity index is 1380. The second-order valence-corrected chi connectivity index (χ2v) is 12.1. The standard InChI is InChI=1S/C32H38N4O3/c1-21-7-8-25(29-22(2)34-39-23(29)3)17-28(21)36(27-11-9-26(10-12-27)32(20-33)14-15-32)16-13-24-18-35(19-24)30(37)38-31(4,5)6/h7-12,17,24H,13-16,18-19H2,1-6H3. The number of amides is 1. The largest absolute Gasteiger partial charge is 0.444 e. The quantitative estimate of drug-likeness (QED) is 0.323. The van der Waals surface area contributed by atoms with Crippen LogP contribution < -0.4 is 4.90 Å². The Morgan fingerprint density at radius 2 is 1.85 bits per heavy atom. The average molecular weight is 527 g/mol. The van der Waals surface area contributed by atoms with Crippen LogP contribution in [0.4, 0.5) is 16.2 Å². The van der Waals surface area contributed by atoms with Gasteiger partial charge in [0.2, 0.25) is 0 Å². The van der Waals surface area contributed by atoms with Gasteiger partial charge in [-0.25, -0.2) is 4.79 Å². The maximum absolute atomic E-state index is 12.4. The van der Waals surface area contributed by atoms with Gasteiger partial charge in [0.15, 0.2) is 0 Å². The lowest BCUT2D eigenvalue weighted by Crippen LogP contribution is -2.52. The summed E-state index contributed by atoms with van der Waals surface area (Å²) in [7, 11) is 0. The van der Waals surface area contributed by atoms with Crippen molar-refractivity contribution in [3.05, 3.63) is 65.0 Å². The molecule has 0 spiro atoms. The van der Waals surface area contributed by atoms with Crippen LogP contribution in [0.3, 0.4) is 0 Å². The second kappa shape index (κ2) is 10.1. The molecule has 0 N–H and O–H groups in total. The van der Waals surface area contributed by atoms with Gasteiger partial charge in [0, 0.05) is 36.6 Å². The summed E-state index contributed by atoms with van der Waals surface area (Å²) in [5.74, 6) is 1.22. The van der Waals surface area contributed by atoms with Crippen LogP contribution in [0.5, 0.6) is 0 Å². The van der Waals surface area contributed by atoms with Crippen molar-refractivity contribution in [1.29, 1.82) is 5.26 Å². The average Bonchev–Trinajstić information content (AvgIpc) is 3.59. The van der Waals surface area contributed by atoms with E-state index in [4.69, 9.17) is 9.26 Å². The minimum atomic E-state index is -0.487. The fourth-order valence-electron chi connectivity index (χ4n) is 5.43. The summed E-state index contributed by atoms with van der Waals surface area (Å²) in [6, 6.07) is 17.5. The topological polar surface area (TPSA) is 82.6 Å². The Kier molecular flexibility index (Phi) is 6.92. The van der Waals surface area contributed by atoms with E-state index in [0.717, 1.165) is 65.3 Å². The van der Waals surface area contributed by atoms with Crippen molar-refractivity contribution < 1.29 is 14.1 Å². The summed E-state index contributed by atoms with van der Waals surface area (Å²) < 4.78 is 11.0. The molecule has 1 aliphatic carbocycles. The van der Waals surface area contributed by atoms with Crippen molar-refractivity contribution in [1.82, 2.24) is 10.1 Å². The molecule has 2 aromatic carbocycles. The number of nitrogens with zero attached hydrogens (tertiary/aromatic N) is 4. The molecule has 0 atom stereocenters. The maximum Gasteiger partial charge on any atom is 0.410 e. The number of aromatic nitrogens is 1. The first-order chi connectivity index (χ1) is 18.5. The van der Waals surface area contributed by atoms with Gasteiger partial charge in [0.25, 0.3) is 0 Å². The maximum atomic E-state index is 12.4.